The molecule has 30 heavy (non-hydrogen) atoms. The maximum Gasteiger partial charge on any atom is 0.240 e. The number of aromatic nitrogens is 1. The third-order valence-corrected chi connectivity index (χ3v) is 6.61. The average Bonchev–Trinajstić information content (AvgIpc) is 3.13. The Bertz CT molecular complexity index is 1300. The van der Waals surface area contributed by atoms with Crippen molar-refractivity contribution in [1.29, 1.82) is 0 Å². The van der Waals surface area contributed by atoms with Crippen molar-refractivity contribution in [1.82, 2.24) is 9.88 Å². The lowest BCUT2D eigenvalue weighted by molar-refractivity contribution is -0.121. The fourth-order valence-corrected chi connectivity index (χ4v) is 4.78. The molecule has 0 saturated heterocycles. The Morgan fingerprint density at radius 2 is 1.57 bits per heavy atom. The summed E-state index contributed by atoms with van der Waals surface area (Å²) < 4.78 is 41.1. The number of rotatable bonds is 6. The van der Waals surface area contributed by atoms with Crippen LogP contribution in [0.2, 0.25) is 0 Å². The van der Waals surface area contributed by atoms with Crippen LogP contribution in [0.25, 0.3) is 10.9 Å². The lowest BCUT2D eigenvalue weighted by Gasteiger charge is -2.07. The third kappa shape index (κ3) is 3.97. The molecule has 0 fully saturated rings. The Morgan fingerprint density at radius 1 is 0.900 bits per heavy atom. The van der Waals surface area contributed by atoms with Crippen LogP contribution in [0.5, 0.6) is 0 Å². The number of hydrogen-bond donors (Lipinski definition) is 1. The SMILES string of the molecule is O=C(Cn1cc(S(=O)(=O)c2ccc(F)cc2)c2ccccc21)NCc1ccccc1. The third-order valence-electron chi connectivity index (χ3n) is 4.81. The van der Waals surface area contributed by atoms with Crippen LogP contribution in [0.3, 0.4) is 0 Å². The number of nitrogens with zero attached hydrogens (tertiary/aromatic N) is 1. The van der Waals surface area contributed by atoms with Gasteiger partial charge in [0.25, 0.3) is 0 Å². The molecule has 1 amide bonds. The molecule has 5 nitrogen and oxygen atoms in total. The fraction of sp³-hybridized carbons (Fsp3) is 0.0870. The first-order valence-electron chi connectivity index (χ1n) is 9.34. The number of halogens is 1. The van der Waals surface area contributed by atoms with E-state index in [4.69, 9.17) is 0 Å². The molecule has 152 valence electrons. The summed E-state index contributed by atoms with van der Waals surface area (Å²) in [5, 5.41) is 3.36. The van der Waals surface area contributed by atoms with E-state index in [0.717, 1.165) is 17.7 Å². The van der Waals surface area contributed by atoms with Gasteiger partial charge >= 0.3 is 0 Å². The highest BCUT2D eigenvalue weighted by molar-refractivity contribution is 7.91. The number of carbonyl (C=O) groups is 1. The Labute approximate surface area is 173 Å². The number of nitrogens with one attached hydrogen (secondary N) is 1. The van der Waals surface area contributed by atoms with Crippen LogP contribution in [0.15, 0.2) is 94.9 Å². The van der Waals surface area contributed by atoms with Gasteiger partial charge in [-0.25, -0.2) is 12.8 Å². The van der Waals surface area contributed by atoms with Crippen LogP contribution in [-0.2, 0) is 27.7 Å². The van der Waals surface area contributed by atoms with E-state index in [-0.39, 0.29) is 22.2 Å². The molecular weight excluding hydrogens is 403 g/mol. The van der Waals surface area contributed by atoms with Crippen LogP contribution in [-0.4, -0.2) is 18.9 Å². The molecule has 4 aromatic rings. The van der Waals surface area contributed by atoms with Crippen LogP contribution in [0.1, 0.15) is 5.56 Å². The molecule has 1 aromatic heterocycles. The van der Waals surface area contributed by atoms with E-state index in [2.05, 4.69) is 5.32 Å². The van der Waals surface area contributed by atoms with Gasteiger partial charge in [-0.3, -0.25) is 4.79 Å². The largest absolute Gasteiger partial charge is 0.350 e. The van der Waals surface area contributed by atoms with Gasteiger partial charge < -0.3 is 9.88 Å². The van der Waals surface area contributed by atoms with Crippen LogP contribution < -0.4 is 5.32 Å². The van der Waals surface area contributed by atoms with Gasteiger partial charge in [0.15, 0.2) is 0 Å². The highest BCUT2D eigenvalue weighted by atomic mass is 32.2. The molecule has 0 saturated carbocycles. The number of amides is 1. The maximum absolute atomic E-state index is 13.2. The van der Waals surface area contributed by atoms with Gasteiger partial charge in [-0.1, -0.05) is 48.5 Å². The molecule has 0 radical (unpaired) electrons. The van der Waals surface area contributed by atoms with Gasteiger partial charge in [0.05, 0.1) is 9.79 Å². The van der Waals surface area contributed by atoms with E-state index in [0.29, 0.717) is 17.4 Å². The second-order valence-corrected chi connectivity index (χ2v) is 8.78. The molecule has 3 aromatic carbocycles. The highest BCUT2D eigenvalue weighted by Crippen LogP contribution is 2.30. The van der Waals surface area contributed by atoms with Gasteiger partial charge in [0.1, 0.15) is 12.4 Å². The smallest absolute Gasteiger partial charge is 0.240 e. The quantitative estimate of drug-likeness (QED) is 0.479. The summed E-state index contributed by atoms with van der Waals surface area (Å²) in [5.41, 5.74) is 1.61. The second-order valence-electron chi connectivity index (χ2n) is 6.86. The topological polar surface area (TPSA) is 68.2 Å². The lowest BCUT2D eigenvalue weighted by atomic mass is 10.2. The molecule has 1 heterocycles. The first-order valence-corrected chi connectivity index (χ1v) is 10.8. The minimum absolute atomic E-state index is 0.000308. The van der Waals surface area contributed by atoms with Crippen molar-refractivity contribution in [2.45, 2.75) is 22.9 Å². The number of carbonyl (C=O) groups excluding carboxylic acids is 1. The van der Waals surface area contributed by atoms with Gasteiger partial charge in [0, 0.05) is 23.6 Å². The molecule has 0 aliphatic heterocycles. The lowest BCUT2D eigenvalue weighted by Crippen LogP contribution is -2.26. The van der Waals surface area contributed by atoms with Crippen molar-refractivity contribution in [3.05, 3.63) is 96.4 Å². The second kappa shape index (κ2) is 8.12. The van der Waals surface area contributed by atoms with Crippen molar-refractivity contribution >= 4 is 26.6 Å². The standard InChI is InChI=1S/C23H19FN2O3S/c24-18-10-12-19(13-11-18)30(28,29)22-15-26(21-9-5-4-8-20(21)22)16-23(27)25-14-17-6-2-1-3-7-17/h1-13,15H,14,16H2,(H,25,27). The Hall–Kier alpha value is -3.45. The van der Waals surface area contributed by atoms with Crippen molar-refractivity contribution < 1.29 is 17.6 Å². The Balaban J connectivity index is 1.64. The van der Waals surface area contributed by atoms with E-state index in [1.807, 2.05) is 30.3 Å². The van der Waals surface area contributed by atoms with Crippen molar-refractivity contribution in [2.75, 3.05) is 0 Å². The van der Waals surface area contributed by atoms with Gasteiger partial charge in [-0.15, -0.1) is 0 Å². The van der Waals surface area contributed by atoms with Crippen LogP contribution in [0.4, 0.5) is 4.39 Å². The van der Waals surface area contributed by atoms with Crippen molar-refractivity contribution in [3.8, 4) is 0 Å². The number of sulfone groups is 1. The molecule has 0 unspecified atom stereocenters. The van der Waals surface area contributed by atoms with Gasteiger partial charge in [-0.05, 0) is 35.9 Å². The molecule has 0 aliphatic rings. The van der Waals surface area contributed by atoms with Crippen LogP contribution in [0, 0.1) is 5.82 Å². The summed E-state index contributed by atoms with van der Waals surface area (Å²) >= 11 is 0. The van der Waals surface area contributed by atoms with E-state index < -0.39 is 15.7 Å². The number of benzene rings is 3. The Kier molecular flexibility index (Phi) is 5.37. The van der Waals surface area contributed by atoms with E-state index in [1.165, 1.54) is 18.3 Å². The van der Waals surface area contributed by atoms with E-state index >= 15 is 0 Å². The molecular formula is C23H19FN2O3S. The molecule has 4 rings (SSSR count). The highest BCUT2D eigenvalue weighted by Gasteiger charge is 2.24. The number of hydrogen-bond acceptors (Lipinski definition) is 3. The van der Waals surface area contributed by atoms with Crippen LogP contribution >= 0.6 is 0 Å². The summed E-state index contributed by atoms with van der Waals surface area (Å²) in [5.74, 6) is -0.739. The molecule has 0 atom stereocenters. The Morgan fingerprint density at radius 3 is 2.30 bits per heavy atom. The first-order chi connectivity index (χ1) is 14.4. The monoisotopic (exact) mass is 422 g/mol. The van der Waals surface area contributed by atoms with Crippen molar-refractivity contribution in [2.24, 2.45) is 0 Å². The first kappa shape index (κ1) is 19.8. The average molecular weight is 422 g/mol. The molecule has 0 spiro atoms. The van der Waals surface area contributed by atoms with E-state index in [9.17, 15) is 17.6 Å². The van der Waals surface area contributed by atoms with E-state index in [1.54, 1.807) is 28.8 Å². The predicted octanol–water partition coefficient (Wildman–Crippen LogP) is 3.93. The molecule has 0 aliphatic carbocycles. The molecule has 7 heteroatoms. The zero-order valence-electron chi connectivity index (χ0n) is 16.0. The minimum atomic E-state index is -3.87. The maximum atomic E-state index is 13.2. The summed E-state index contributed by atoms with van der Waals surface area (Å²) in [4.78, 5) is 12.6. The molecule has 1 N–H and O–H groups in total. The summed E-state index contributed by atoms with van der Waals surface area (Å²) in [6, 6.07) is 21.2. The molecule has 0 bridgehead atoms. The van der Waals surface area contributed by atoms with Gasteiger partial charge in [-0.2, -0.15) is 0 Å². The predicted molar refractivity (Wildman–Crippen MR) is 112 cm³/mol. The van der Waals surface area contributed by atoms with Crippen molar-refractivity contribution in [3.63, 3.8) is 0 Å². The minimum Gasteiger partial charge on any atom is -0.350 e. The van der Waals surface area contributed by atoms with Gasteiger partial charge in [0.2, 0.25) is 15.7 Å². The number of fused-ring (bicyclic) bond motifs is 1. The summed E-state index contributed by atoms with van der Waals surface area (Å²) in [6.45, 7) is 0.367. The summed E-state index contributed by atoms with van der Waals surface area (Å²) in [7, 11) is -3.87. The summed E-state index contributed by atoms with van der Waals surface area (Å²) in [6.07, 6.45) is 1.46. The normalized spacial score (nSPS) is 11.5. The fourth-order valence-electron chi connectivity index (χ4n) is 3.31. The zero-order chi connectivity index (χ0) is 21.1. The number of para-hydroxylation sites is 1. The zero-order valence-corrected chi connectivity index (χ0v) is 16.8.